The number of phenols is 1. The molecular weight excluding hydrogens is 395 g/mol. The predicted octanol–water partition coefficient (Wildman–Crippen LogP) is 2.70. The number of nitrogens with zero attached hydrogens (tertiary/aromatic N) is 1. The van der Waals surface area contributed by atoms with Gasteiger partial charge in [0.25, 0.3) is 0 Å². The number of nitrogens with one attached hydrogen (secondary N) is 1. The molecule has 2 aromatic carbocycles. The molecule has 0 unspecified atom stereocenters. The molecule has 0 aliphatic heterocycles. The molecule has 1 amide bonds. The number of hydrogen-bond acceptors (Lipinski definition) is 4. The maximum absolute atomic E-state index is 11.7. The van der Waals surface area contributed by atoms with Crippen LogP contribution in [0, 0.1) is 3.57 Å². The lowest BCUT2D eigenvalue weighted by atomic mass is 10.1. The van der Waals surface area contributed by atoms with Gasteiger partial charge in [0.05, 0.1) is 23.3 Å². The van der Waals surface area contributed by atoms with E-state index in [0.29, 0.717) is 11.3 Å². The molecule has 0 radical (unpaired) electrons. The van der Waals surface area contributed by atoms with Crippen LogP contribution >= 0.6 is 22.6 Å². The van der Waals surface area contributed by atoms with Crippen molar-refractivity contribution in [3.05, 3.63) is 57.2 Å². The van der Waals surface area contributed by atoms with Crippen LogP contribution in [0.3, 0.4) is 0 Å². The number of hydrazone groups is 1. The summed E-state index contributed by atoms with van der Waals surface area (Å²) >= 11 is 2.06. The molecule has 0 bridgehead atoms. The molecule has 0 saturated heterocycles. The Morgan fingerprint density at radius 1 is 1.36 bits per heavy atom. The van der Waals surface area contributed by atoms with Crippen LogP contribution in [0.2, 0.25) is 0 Å². The van der Waals surface area contributed by atoms with Crippen molar-refractivity contribution in [1.29, 1.82) is 0 Å². The Bertz CT molecular complexity index is 664. The first kappa shape index (κ1) is 16.3. The van der Waals surface area contributed by atoms with Gasteiger partial charge in [0, 0.05) is 0 Å². The van der Waals surface area contributed by atoms with E-state index in [4.69, 9.17) is 4.74 Å². The van der Waals surface area contributed by atoms with E-state index < -0.39 is 0 Å². The minimum absolute atomic E-state index is 0.0338. The minimum Gasteiger partial charge on any atom is -0.504 e. The van der Waals surface area contributed by atoms with Crippen LogP contribution in [0.4, 0.5) is 0 Å². The van der Waals surface area contributed by atoms with Crippen molar-refractivity contribution < 1.29 is 14.6 Å². The van der Waals surface area contributed by atoms with E-state index in [-0.39, 0.29) is 18.1 Å². The molecule has 2 N–H and O–H groups in total. The molecule has 0 fully saturated rings. The Labute approximate surface area is 142 Å². The van der Waals surface area contributed by atoms with Gasteiger partial charge in [-0.25, -0.2) is 5.43 Å². The number of ether oxygens (including phenoxy) is 1. The van der Waals surface area contributed by atoms with Gasteiger partial charge in [0.1, 0.15) is 0 Å². The molecule has 0 saturated carbocycles. The van der Waals surface area contributed by atoms with Crippen molar-refractivity contribution in [2.24, 2.45) is 5.10 Å². The zero-order valence-electron chi connectivity index (χ0n) is 11.9. The van der Waals surface area contributed by atoms with Gasteiger partial charge in [-0.2, -0.15) is 5.10 Å². The van der Waals surface area contributed by atoms with Crippen molar-refractivity contribution in [3.63, 3.8) is 0 Å². The number of rotatable bonds is 5. The summed E-state index contributed by atoms with van der Waals surface area (Å²) in [6, 6.07) is 12.7. The quantitative estimate of drug-likeness (QED) is 0.453. The van der Waals surface area contributed by atoms with Gasteiger partial charge in [0.15, 0.2) is 11.5 Å². The van der Waals surface area contributed by atoms with Gasteiger partial charge < -0.3 is 9.84 Å². The van der Waals surface area contributed by atoms with Gasteiger partial charge in [-0.05, 0) is 45.9 Å². The van der Waals surface area contributed by atoms with E-state index in [2.05, 4.69) is 33.1 Å². The molecule has 2 rings (SSSR count). The molecule has 0 aliphatic carbocycles. The number of carbonyl (C=O) groups excluding carboxylic acids is 1. The molecule has 114 valence electrons. The van der Waals surface area contributed by atoms with Crippen molar-refractivity contribution >= 4 is 34.7 Å². The maximum atomic E-state index is 11.7. The molecule has 5 nitrogen and oxygen atoms in total. The van der Waals surface area contributed by atoms with Crippen LogP contribution in [0.15, 0.2) is 47.6 Å². The summed E-state index contributed by atoms with van der Waals surface area (Å²) in [6.07, 6.45) is 1.74. The van der Waals surface area contributed by atoms with Crippen molar-refractivity contribution in [2.75, 3.05) is 7.11 Å². The smallest absolute Gasteiger partial charge is 0.244 e. The van der Waals surface area contributed by atoms with E-state index in [0.717, 1.165) is 9.13 Å². The molecule has 0 spiro atoms. The standard InChI is InChI=1S/C16H15IN2O3/c1-22-16-13(17)7-12(8-14(16)20)10-18-19-15(21)9-11-5-3-2-4-6-11/h2-8,10,20H,9H2,1H3,(H,19,21). The summed E-state index contributed by atoms with van der Waals surface area (Å²) in [7, 11) is 1.49. The van der Waals surface area contributed by atoms with Gasteiger partial charge in [0.2, 0.25) is 5.91 Å². The van der Waals surface area contributed by atoms with Crippen LogP contribution in [0.5, 0.6) is 11.5 Å². The molecular formula is C16H15IN2O3. The number of halogens is 1. The van der Waals surface area contributed by atoms with Crippen molar-refractivity contribution in [3.8, 4) is 11.5 Å². The SMILES string of the molecule is COc1c(O)cc(C=NNC(=O)Cc2ccccc2)cc1I. The first-order valence-electron chi connectivity index (χ1n) is 6.52. The zero-order valence-corrected chi connectivity index (χ0v) is 14.1. The Morgan fingerprint density at radius 2 is 2.09 bits per heavy atom. The highest BCUT2D eigenvalue weighted by molar-refractivity contribution is 14.1. The lowest BCUT2D eigenvalue weighted by Crippen LogP contribution is -2.19. The first-order valence-corrected chi connectivity index (χ1v) is 7.60. The molecule has 2 aromatic rings. The molecule has 0 aromatic heterocycles. The lowest BCUT2D eigenvalue weighted by molar-refractivity contribution is -0.120. The molecule has 6 heteroatoms. The van der Waals surface area contributed by atoms with Crippen molar-refractivity contribution in [1.82, 2.24) is 5.43 Å². The number of benzene rings is 2. The van der Waals surface area contributed by atoms with Gasteiger partial charge in [-0.3, -0.25) is 4.79 Å². The van der Waals surface area contributed by atoms with Crippen LogP contribution < -0.4 is 10.2 Å². The summed E-state index contributed by atoms with van der Waals surface area (Å²) in [6.45, 7) is 0. The van der Waals surface area contributed by atoms with Crippen LogP contribution in [0.25, 0.3) is 0 Å². The van der Waals surface area contributed by atoms with E-state index in [1.165, 1.54) is 19.4 Å². The average Bonchev–Trinajstić information content (AvgIpc) is 2.48. The summed E-state index contributed by atoms with van der Waals surface area (Å²) in [5.41, 5.74) is 4.05. The zero-order chi connectivity index (χ0) is 15.9. The number of methoxy groups -OCH3 is 1. The van der Waals surface area contributed by atoms with Gasteiger partial charge in [-0.15, -0.1) is 0 Å². The van der Waals surface area contributed by atoms with E-state index in [1.54, 1.807) is 6.07 Å². The lowest BCUT2D eigenvalue weighted by Gasteiger charge is -2.06. The third-order valence-electron chi connectivity index (χ3n) is 2.86. The van der Waals surface area contributed by atoms with Gasteiger partial charge >= 0.3 is 0 Å². The Balaban J connectivity index is 1.96. The van der Waals surface area contributed by atoms with Crippen molar-refractivity contribution in [2.45, 2.75) is 6.42 Å². The summed E-state index contributed by atoms with van der Waals surface area (Å²) < 4.78 is 5.83. The maximum Gasteiger partial charge on any atom is 0.244 e. The number of hydrogen-bond donors (Lipinski definition) is 2. The fourth-order valence-corrected chi connectivity index (χ4v) is 2.73. The molecule has 0 aliphatic rings. The van der Waals surface area contributed by atoms with Crippen LogP contribution in [-0.2, 0) is 11.2 Å². The summed E-state index contributed by atoms with van der Waals surface area (Å²) in [5.74, 6) is 0.257. The normalized spacial score (nSPS) is 10.6. The number of amides is 1. The van der Waals surface area contributed by atoms with E-state index in [1.807, 2.05) is 30.3 Å². The predicted molar refractivity (Wildman–Crippen MR) is 93.3 cm³/mol. The van der Waals surface area contributed by atoms with E-state index >= 15 is 0 Å². The number of phenolic OH excluding ortho intramolecular Hbond substituents is 1. The minimum atomic E-state index is -0.199. The summed E-state index contributed by atoms with van der Waals surface area (Å²) in [5, 5.41) is 13.7. The molecule has 0 heterocycles. The highest BCUT2D eigenvalue weighted by Crippen LogP contribution is 2.31. The first-order chi connectivity index (χ1) is 10.6. The highest BCUT2D eigenvalue weighted by atomic mass is 127. The second-order valence-electron chi connectivity index (χ2n) is 4.51. The van der Waals surface area contributed by atoms with Gasteiger partial charge in [-0.1, -0.05) is 30.3 Å². The summed E-state index contributed by atoms with van der Waals surface area (Å²) in [4.78, 5) is 11.7. The monoisotopic (exact) mass is 410 g/mol. The third-order valence-corrected chi connectivity index (χ3v) is 3.66. The van der Waals surface area contributed by atoms with Crippen LogP contribution in [-0.4, -0.2) is 24.3 Å². The highest BCUT2D eigenvalue weighted by Gasteiger charge is 2.07. The molecule has 0 atom stereocenters. The fourth-order valence-electron chi connectivity index (χ4n) is 1.88. The third kappa shape index (κ3) is 4.45. The fraction of sp³-hybridized carbons (Fsp3) is 0.125. The number of aromatic hydroxyl groups is 1. The Kier molecular flexibility index (Phi) is 5.76. The molecule has 22 heavy (non-hydrogen) atoms. The van der Waals surface area contributed by atoms with Crippen LogP contribution in [0.1, 0.15) is 11.1 Å². The second kappa shape index (κ2) is 7.79. The Hall–Kier alpha value is -2.09. The second-order valence-corrected chi connectivity index (χ2v) is 5.67. The Morgan fingerprint density at radius 3 is 2.73 bits per heavy atom. The van der Waals surface area contributed by atoms with E-state index in [9.17, 15) is 9.90 Å². The largest absolute Gasteiger partial charge is 0.504 e. The number of carbonyl (C=O) groups is 1. The average molecular weight is 410 g/mol. The topological polar surface area (TPSA) is 70.9 Å².